The highest BCUT2D eigenvalue weighted by Gasteiger charge is 2.34. The average molecular weight is 471 g/mol. The van der Waals surface area contributed by atoms with Crippen molar-refractivity contribution in [2.24, 2.45) is 11.7 Å². The highest BCUT2D eigenvalue weighted by molar-refractivity contribution is 5.61. The molecular weight excluding hydrogens is 448 g/mol. The molecule has 4 nitrogen and oxygen atoms in total. The van der Waals surface area contributed by atoms with Gasteiger partial charge in [0, 0.05) is 31.1 Å². The van der Waals surface area contributed by atoms with Crippen LogP contribution in [0.2, 0.25) is 0 Å². The van der Waals surface area contributed by atoms with E-state index in [1.165, 1.54) is 6.07 Å². The number of hydrogen-bond donors (Lipinski definition) is 3. The predicted molar refractivity (Wildman–Crippen MR) is 112 cm³/mol. The molecule has 0 bridgehead atoms. The highest BCUT2D eigenvalue weighted by atomic mass is 19.4. The number of aromatic nitrogens is 1. The van der Waals surface area contributed by atoms with Crippen LogP contribution in [-0.4, -0.2) is 29.7 Å². The van der Waals surface area contributed by atoms with Crippen molar-refractivity contribution in [2.75, 3.05) is 19.6 Å². The summed E-state index contributed by atoms with van der Waals surface area (Å²) in [5.41, 5.74) is 4.03. The van der Waals surface area contributed by atoms with Gasteiger partial charge in [0.2, 0.25) is 0 Å². The molecule has 1 unspecified atom stereocenters. The molecule has 0 amide bonds. The SMILES string of the molecule is NCCNCC1C=CC=C1C[C@H](O)c1cc(-c2ccc(C(F)(F)F)cc2)nc(C(F)(F)F)c1. The second-order valence-electron chi connectivity index (χ2n) is 7.69. The molecule has 0 saturated heterocycles. The number of nitrogens with one attached hydrogen (secondary N) is 1. The van der Waals surface area contributed by atoms with Crippen molar-refractivity contribution in [3.63, 3.8) is 0 Å². The Morgan fingerprint density at radius 1 is 1.03 bits per heavy atom. The molecule has 1 aromatic carbocycles. The van der Waals surface area contributed by atoms with Gasteiger partial charge in [-0.25, -0.2) is 4.98 Å². The third-order valence-corrected chi connectivity index (χ3v) is 5.28. The molecule has 1 aliphatic rings. The molecule has 4 N–H and O–H groups in total. The lowest BCUT2D eigenvalue weighted by atomic mass is 9.93. The largest absolute Gasteiger partial charge is 0.433 e. The van der Waals surface area contributed by atoms with Crippen LogP contribution >= 0.6 is 0 Å². The molecule has 33 heavy (non-hydrogen) atoms. The summed E-state index contributed by atoms with van der Waals surface area (Å²) in [5, 5.41) is 13.9. The first-order valence-electron chi connectivity index (χ1n) is 10.2. The van der Waals surface area contributed by atoms with E-state index in [2.05, 4.69) is 10.3 Å². The van der Waals surface area contributed by atoms with Gasteiger partial charge in [0.25, 0.3) is 0 Å². The molecule has 2 atom stereocenters. The van der Waals surface area contributed by atoms with Gasteiger partial charge in [-0.1, -0.05) is 35.9 Å². The Kier molecular flexibility index (Phi) is 7.61. The standard InChI is InChI=1S/C23H23F6N3O/c24-22(25,26)18-6-4-14(5-7-18)19-10-17(12-21(32-19)23(27,28)29)20(33)11-15-2-1-3-16(15)13-31-9-8-30/h1-7,10,12,16,20,31,33H,8-9,11,13,30H2/t16?,20-/m0/s1. The molecule has 0 aliphatic heterocycles. The highest BCUT2D eigenvalue weighted by Crippen LogP contribution is 2.36. The normalized spacial score (nSPS) is 17.3. The number of pyridine rings is 1. The van der Waals surface area contributed by atoms with Crippen LogP contribution in [0.5, 0.6) is 0 Å². The number of halogens is 6. The molecule has 1 aromatic heterocycles. The van der Waals surface area contributed by atoms with Crippen LogP contribution < -0.4 is 11.1 Å². The maximum Gasteiger partial charge on any atom is 0.433 e. The summed E-state index contributed by atoms with van der Waals surface area (Å²) in [6.45, 7) is 1.64. The van der Waals surface area contributed by atoms with E-state index in [-0.39, 0.29) is 29.2 Å². The van der Waals surface area contributed by atoms with Gasteiger partial charge in [0.1, 0.15) is 5.69 Å². The van der Waals surface area contributed by atoms with Crippen LogP contribution in [0.4, 0.5) is 26.3 Å². The first-order valence-corrected chi connectivity index (χ1v) is 10.2. The number of allylic oxidation sites excluding steroid dienone is 2. The second kappa shape index (κ2) is 10.1. The molecule has 1 heterocycles. The van der Waals surface area contributed by atoms with Crippen LogP contribution in [0.3, 0.4) is 0 Å². The van der Waals surface area contributed by atoms with Gasteiger partial charge in [0.15, 0.2) is 0 Å². The molecule has 0 radical (unpaired) electrons. The van der Waals surface area contributed by atoms with E-state index >= 15 is 0 Å². The summed E-state index contributed by atoms with van der Waals surface area (Å²) < 4.78 is 78.8. The Hall–Kier alpha value is -2.69. The third kappa shape index (κ3) is 6.43. The zero-order valence-electron chi connectivity index (χ0n) is 17.4. The van der Waals surface area contributed by atoms with Crippen molar-refractivity contribution < 1.29 is 31.4 Å². The third-order valence-electron chi connectivity index (χ3n) is 5.28. The fraction of sp³-hybridized carbons (Fsp3) is 0.348. The van der Waals surface area contributed by atoms with Gasteiger partial charge in [-0.15, -0.1) is 0 Å². The van der Waals surface area contributed by atoms with E-state index in [0.29, 0.717) is 19.6 Å². The van der Waals surface area contributed by atoms with Gasteiger partial charge in [-0.3, -0.25) is 0 Å². The monoisotopic (exact) mass is 471 g/mol. The van der Waals surface area contributed by atoms with Crippen molar-refractivity contribution >= 4 is 0 Å². The minimum Gasteiger partial charge on any atom is -0.388 e. The van der Waals surface area contributed by atoms with Crippen molar-refractivity contribution in [1.29, 1.82) is 0 Å². The van der Waals surface area contributed by atoms with Crippen molar-refractivity contribution in [1.82, 2.24) is 10.3 Å². The minimum atomic E-state index is -4.79. The summed E-state index contributed by atoms with van der Waals surface area (Å²) in [4.78, 5) is 3.58. The zero-order valence-corrected chi connectivity index (χ0v) is 17.4. The number of alkyl halides is 6. The number of nitrogens with zero attached hydrogens (tertiary/aromatic N) is 1. The lowest BCUT2D eigenvalue weighted by molar-refractivity contribution is -0.141. The van der Waals surface area contributed by atoms with Crippen LogP contribution in [0.15, 0.2) is 60.2 Å². The van der Waals surface area contributed by atoms with Gasteiger partial charge in [-0.05, 0) is 36.2 Å². The van der Waals surface area contributed by atoms with Crippen LogP contribution in [0.25, 0.3) is 11.3 Å². The Bertz CT molecular complexity index is 1010. The van der Waals surface area contributed by atoms with E-state index in [0.717, 1.165) is 35.9 Å². The molecule has 0 fully saturated rings. The van der Waals surface area contributed by atoms with E-state index in [4.69, 9.17) is 5.73 Å². The van der Waals surface area contributed by atoms with E-state index in [1.54, 1.807) is 6.08 Å². The summed E-state index contributed by atoms with van der Waals surface area (Å²) in [7, 11) is 0. The van der Waals surface area contributed by atoms with Gasteiger partial charge in [0.05, 0.1) is 17.4 Å². The van der Waals surface area contributed by atoms with Gasteiger partial charge < -0.3 is 16.2 Å². The van der Waals surface area contributed by atoms with Crippen LogP contribution in [0, 0.1) is 5.92 Å². The number of benzene rings is 1. The predicted octanol–water partition coefficient (Wildman–Crippen LogP) is 4.87. The summed E-state index contributed by atoms with van der Waals surface area (Å²) >= 11 is 0. The number of aliphatic hydroxyl groups excluding tert-OH is 1. The molecule has 2 aromatic rings. The smallest absolute Gasteiger partial charge is 0.388 e. The lowest BCUT2D eigenvalue weighted by Crippen LogP contribution is -2.27. The fourth-order valence-corrected chi connectivity index (χ4v) is 3.55. The van der Waals surface area contributed by atoms with E-state index < -0.39 is 29.7 Å². The first-order chi connectivity index (χ1) is 15.5. The molecule has 178 valence electrons. The molecule has 0 saturated carbocycles. The Labute approximate surface area is 186 Å². The van der Waals surface area contributed by atoms with Crippen molar-refractivity contribution in [3.8, 4) is 11.3 Å². The Balaban J connectivity index is 1.87. The minimum absolute atomic E-state index is 0.0197. The topological polar surface area (TPSA) is 71.2 Å². The fourth-order valence-electron chi connectivity index (χ4n) is 3.55. The summed E-state index contributed by atoms with van der Waals surface area (Å²) in [6, 6.07) is 5.71. The molecule has 0 spiro atoms. The number of hydrogen-bond acceptors (Lipinski definition) is 4. The first kappa shape index (κ1) is 24.9. The van der Waals surface area contributed by atoms with Gasteiger partial charge in [-0.2, -0.15) is 26.3 Å². The molecule has 10 heteroatoms. The second-order valence-corrected chi connectivity index (χ2v) is 7.69. The van der Waals surface area contributed by atoms with Gasteiger partial charge >= 0.3 is 12.4 Å². The Morgan fingerprint density at radius 3 is 2.33 bits per heavy atom. The van der Waals surface area contributed by atoms with E-state index in [1.807, 2.05) is 12.2 Å². The van der Waals surface area contributed by atoms with Crippen molar-refractivity contribution in [2.45, 2.75) is 24.9 Å². The number of rotatable bonds is 8. The zero-order chi connectivity index (χ0) is 24.2. The lowest BCUT2D eigenvalue weighted by Gasteiger charge is -2.20. The summed E-state index contributed by atoms with van der Waals surface area (Å²) in [5.74, 6) is -0.0236. The molecule has 1 aliphatic carbocycles. The Morgan fingerprint density at radius 2 is 1.73 bits per heavy atom. The van der Waals surface area contributed by atoms with Crippen molar-refractivity contribution in [3.05, 3.63) is 77.0 Å². The van der Waals surface area contributed by atoms with Crippen LogP contribution in [0.1, 0.15) is 29.3 Å². The summed E-state index contributed by atoms with van der Waals surface area (Å²) in [6.07, 6.45) is -4.98. The number of nitrogens with two attached hydrogens (primary N) is 1. The number of aliphatic hydroxyl groups is 1. The van der Waals surface area contributed by atoms with Crippen LogP contribution in [-0.2, 0) is 12.4 Å². The maximum atomic E-state index is 13.5. The molecular formula is C23H23F6N3O. The quantitative estimate of drug-likeness (QED) is 0.380. The molecule has 3 rings (SSSR count). The average Bonchev–Trinajstić information content (AvgIpc) is 3.19. The maximum absolute atomic E-state index is 13.5. The van der Waals surface area contributed by atoms with E-state index in [9.17, 15) is 31.4 Å².